The van der Waals surface area contributed by atoms with Crippen molar-refractivity contribution in [1.82, 2.24) is 0 Å². The number of quaternary nitrogens is 1. The van der Waals surface area contributed by atoms with Crippen molar-refractivity contribution in [2.24, 2.45) is 0 Å². The SMILES string of the molecule is CC/C=C\C/C=C\C/C=C\CCCCCCCCCC(=O)OC(COC(=O)CCCCCCCCCCCCCCC/C=C\C/C=C\CCCCCCC)COP(=O)([O-])OCC[N+](C)(C)C. The van der Waals surface area contributed by atoms with Crippen molar-refractivity contribution in [2.75, 3.05) is 47.5 Å². The molecule has 0 fully saturated rings. The van der Waals surface area contributed by atoms with Gasteiger partial charge in [-0.1, -0.05) is 203 Å². The first-order chi connectivity index (χ1) is 32.0. The second-order valence-electron chi connectivity index (χ2n) is 19.2. The second kappa shape index (κ2) is 47.8. The molecule has 66 heavy (non-hydrogen) atoms. The number of unbranched alkanes of at least 4 members (excludes halogenated alkanes) is 25. The molecule has 0 heterocycles. The van der Waals surface area contributed by atoms with Gasteiger partial charge in [-0.2, -0.15) is 0 Å². The van der Waals surface area contributed by atoms with E-state index in [4.69, 9.17) is 18.5 Å². The van der Waals surface area contributed by atoms with Crippen molar-refractivity contribution >= 4 is 19.8 Å². The first kappa shape index (κ1) is 63.7. The lowest BCUT2D eigenvalue weighted by atomic mass is 10.0. The fourth-order valence-corrected chi connectivity index (χ4v) is 8.08. The number of likely N-dealkylation sites (N-methyl/N-ethyl adjacent to an activating group) is 1. The van der Waals surface area contributed by atoms with Gasteiger partial charge in [0.2, 0.25) is 0 Å². The van der Waals surface area contributed by atoms with E-state index < -0.39 is 26.5 Å². The van der Waals surface area contributed by atoms with Crippen molar-refractivity contribution in [3.05, 3.63) is 60.8 Å². The molecule has 384 valence electrons. The summed E-state index contributed by atoms with van der Waals surface area (Å²) in [5.74, 6) is -0.843. The van der Waals surface area contributed by atoms with Crippen LogP contribution in [0.1, 0.15) is 232 Å². The number of carbonyl (C=O) groups excluding carboxylic acids is 2. The molecule has 0 bridgehead atoms. The summed E-state index contributed by atoms with van der Waals surface area (Å²) in [7, 11) is 1.16. The second-order valence-corrected chi connectivity index (χ2v) is 20.6. The highest BCUT2D eigenvalue weighted by molar-refractivity contribution is 7.45. The molecule has 0 saturated carbocycles. The molecule has 0 aliphatic heterocycles. The van der Waals surface area contributed by atoms with Crippen LogP contribution in [0.25, 0.3) is 0 Å². The topological polar surface area (TPSA) is 111 Å². The molecular weight excluding hydrogens is 846 g/mol. The van der Waals surface area contributed by atoms with Gasteiger partial charge in [-0.25, -0.2) is 0 Å². The van der Waals surface area contributed by atoms with Crippen LogP contribution in [0, 0.1) is 0 Å². The zero-order valence-electron chi connectivity index (χ0n) is 43.4. The van der Waals surface area contributed by atoms with E-state index in [1.165, 1.54) is 128 Å². The molecule has 9 nitrogen and oxygen atoms in total. The number of phosphoric ester groups is 1. The van der Waals surface area contributed by atoms with Crippen LogP contribution >= 0.6 is 7.82 Å². The Bertz CT molecular complexity index is 1300. The van der Waals surface area contributed by atoms with E-state index >= 15 is 0 Å². The molecule has 0 spiro atoms. The molecule has 0 N–H and O–H groups in total. The number of hydrogen-bond donors (Lipinski definition) is 0. The minimum absolute atomic E-state index is 0.0347. The average molecular weight is 948 g/mol. The van der Waals surface area contributed by atoms with E-state index in [2.05, 4.69) is 74.6 Å². The average Bonchev–Trinajstić information content (AvgIpc) is 3.27. The van der Waals surface area contributed by atoms with Crippen molar-refractivity contribution in [1.29, 1.82) is 0 Å². The minimum Gasteiger partial charge on any atom is -0.756 e. The number of allylic oxidation sites excluding steroid dienone is 10. The number of hydrogen-bond acceptors (Lipinski definition) is 8. The fourth-order valence-electron chi connectivity index (χ4n) is 7.35. The predicted molar refractivity (Wildman–Crippen MR) is 277 cm³/mol. The van der Waals surface area contributed by atoms with Crippen molar-refractivity contribution in [3.63, 3.8) is 0 Å². The Hall–Kier alpha value is -2.29. The van der Waals surface area contributed by atoms with Gasteiger partial charge in [-0.15, -0.1) is 0 Å². The first-order valence-corrected chi connectivity index (χ1v) is 28.5. The van der Waals surface area contributed by atoms with E-state index in [1.807, 2.05) is 21.1 Å². The highest BCUT2D eigenvalue weighted by Crippen LogP contribution is 2.38. The van der Waals surface area contributed by atoms with Gasteiger partial charge in [0.05, 0.1) is 27.7 Å². The molecule has 0 aliphatic rings. The Labute approximate surface area is 406 Å². The summed E-state index contributed by atoms with van der Waals surface area (Å²) in [6.45, 7) is 4.11. The standard InChI is InChI=1S/C56H102NO8P/c1-6-8-10-12-14-16-18-20-22-24-25-26-27-28-29-30-31-33-34-36-38-40-42-44-46-48-55(58)62-52-54(53-64-66(60,61)63-51-50-57(3,4)5)65-56(59)49-47-45-43-41-39-37-35-32-23-21-19-17-15-13-11-9-7-2/h9,11,15,17-18,20-21,23-25,54H,6-8,10,12-14,16,19,22,26-53H2,1-5H3/b11-9-,17-15-,20-18-,23-21-,25-24-. The van der Waals surface area contributed by atoms with Gasteiger partial charge in [0.1, 0.15) is 19.8 Å². The van der Waals surface area contributed by atoms with Gasteiger partial charge in [0.15, 0.2) is 6.10 Å². The summed E-state index contributed by atoms with van der Waals surface area (Å²) < 4.78 is 34.1. The lowest BCUT2D eigenvalue weighted by Crippen LogP contribution is -2.37. The van der Waals surface area contributed by atoms with Gasteiger partial charge in [-0.05, 0) is 77.0 Å². The maximum absolute atomic E-state index is 12.7. The third-order valence-electron chi connectivity index (χ3n) is 11.5. The molecule has 0 radical (unpaired) electrons. The van der Waals surface area contributed by atoms with Crippen molar-refractivity contribution in [2.45, 2.75) is 238 Å². The predicted octanol–water partition coefficient (Wildman–Crippen LogP) is 15.7. The number of rotatable bonds is 49. The van der Waals surface area contributed by atoms with Gasteiger partial charge in [0.25, 0.3) is 7.82 Å². The summed E-state index contributed by atoms with van der Waals surface area (Å²) >= 11 is 0. The van der Waals surface area contributed by atoms with E-state index in [9.17, 15) is 19.0 Å². The molecule has 10 heteroatoms. The van der Waals surface area contributed by atoms with Crippen LogP contribution in [0.5, 0.6) is 0 Å². The Morgan fingerprint density at radius 2 is 0.864 bits per heavy atom. The Morgan fingerprint density at radius 3 is 1.29 bits per heavy atom. The number of nitrogens with zero attached hydrogens (tertiary/aromatic N) is 1. The molecule has 0 aromatic heterocycles. The minimum atomic E-state index is -4.64. The number of esters is 2. The quantitative estimate of drug-likeness (QED) is 0.0195. The maximum Gasteiger partial charge on any atom is 0.306 e. The lowest BCUT2D eigenvalue weighted by molar-refractivity contribution is -0.870. The monoisotopic (exact) mass is 948 g/mol. The van der Waals surface area contributed by atoms with Crippen LogP contribution in [-0.2, 0) is 32.7 Å². The Kier molecular flexibility index (Phi) is 46.1. The summed E-state index contributed by atoms with van der Waals surface area (Å²) in [5, 5.41) is 0. The van der Waals surface area contributed by atoms with Crippen LogP contribution in [0.15, 0.2) is 60.8 Å². The van der Waals surface area contributed by atoms with E-state index in [1.54, 1.807) is 0 Å². The Morgan fingerprint density at radius 1 is 0.485 bits per heavy atom. The highest BCUT2D eigenvalue weighted by Gasteiger charge is 2.21. The van der Waals surface area contributed by atoms with Gasteiger partial charge in [0, 0.05) is 12.8 Å². The third-order valence-corrected chi connectivity index (χ3v) is 12.5. The molecule has 0 aromatic carbocycles. The summed E-state index contributed by atoms with van der Waals surface area (Å²) in [6.07, 6.45) is 59.7. The van der Waals surface area contributed by atoms with Gasteiger partial charge < -0.3 is 27.9 Å². The number of ether oxygens (including phenoxy) is 2. The van der Waals surface area contributed by atoms with E-state index in [0.717, 1.165) is 70.6 Å². The smallest absolute Gasteiger partial charge is 0.306 e. The number of carbonyl (C=O) groups is 2. The van der Waals surface area contributed by atoms with Crippen LogP contribution in [0.2, 0.25) is 0 Å². The van der Waals surface area contributed by atoms with Crippen LogP contribution < -0.4 is 4.89 Å². The summed E-state index contributed by atoms with van der Waals surface area (Å²) in [4.78, 5) is 37.8. The number of phosphoric acid groups is 1. The van der Waals surface area contributed by atoms with Crippen LogP contribution in [-0.4, -0.2) is 70.0 Å². The van der Waals surface area contributed by atoms with E-state index in [-0.39, 0.29) is 32.0 Å². The lowest BCUT2D eigenvalue weighted by Gasteiger charge is -2.28. The van der Waals surface area contributed by atoms with Crippen LogP contribution in [0.3, 0.4) is 0 Å². The molecule has 0 rings (SSSR count). The molecule has 0 aromatic rings. The van der Waals surface area contributed by atoms with Gasteiger partial charge in [-0.3, -0.25) is 14.2 Å². The first-order valence-electron chi connectivity index (χ1n) is 27.0. The molecular formula is C56H102NO8P. The normalized spacial score (nSPS) is 13.8. The van der Waals surface area contributed by atoms with E-state index in [0.29, 0.717) is 17.4 Å². The zero-order chi connectivity index (χ0) is 48.5. The van der Waals surface area contributed by atoms with Crippen molar-refractivity contribution < 1.29 is 42.1 Å². The van der Waals surface area contributed by atoms with Gasteiger partial charge >= 0.3 is 11.9 Å². The third kappa shape index (κ3) is 51.1. The molecule has 2 atom stereocenters. The molecule has 0 aliphatic carbocycles. The largest absolute Gasteiger partial charge is 0.756 e. The van der Waals surface area contributed by atoms with Crippen LogP contribution in [0.4, 0.5) is 0 Å². The fraction of sp³-hybridized carbons (Fsp3) is 0.786. The maximum atomic E-state index is 12.7. The summed E-state index contributed by atoms with van der Waals surface area (Å²) in [6, 6.07) is 0. The highest BCUT2D eigenvalue weighted by atomic mass is 31.2. The Balaban J connectivity index is 4.18. The molecule has 2 unspecified atom stereocenters. The molecule has 0 amide bonds. The zero-order valence-corrected chi connectivity index (χ0v) is 44.3. The molecule has 0 saturated heterocycles. The van der Waals surface area contributed by atoms with Crippen molar-refractivity contribution in [3.8, 4) is 0 Å². The summed E-state index contributed by atoms with van der Waals surface area (Å²) in [5.41, 5.74) is 0.